The van der Waals surface area contributed by atoms with Crippen molar-refractivity contribution in [1.29, 1.82) is 0 Å². The minimum absolute atomic E-state index is 0.0319. The van der Waals surface area contributed by atoms with Crippen LogP contribution in [0.3, 0.4) is 0 Å². The summed E-state index contributed by atoms with van der Waals surface area (Å²) in [7, 11) is 0. The molecule has 3 N–H and O–H groups in total. The molecule has 8 nitrogen and oxygen atoms in total. The Kier molecular flexibility index (Phi) is 7.63. The summed E-state index contributed by atoms with van der Waals surface area (Å²) >= 11 is 0. The van der Waals surface area contributed by atoms with Gasteiger partial charge in [0.05, 0.1) is 0 Å². The van der Waals surface area contributed by atoms with Gasteiger partial charge in [-0.1, -0.05) is 38.1 Å². The van der Waals surface area contributed by atoms with Crippen molar-refractivity contribution in [3.8, 4) is 11.1 Å². The van der Waals surface area contributed by atoms with Crippen molar-refractivity contribution in [2.45, 2.75) is 32.9 Å². The molecule has 0 saturated carbocycles. The maximum absolute atomic E-state index is 13.5. The summed E-state index contributed by atoms with van der Waals surface area (Å²) in [5.41, 5.74) is 9.17. The van der Waals surface area contributed by atoms with Crippen LogP contribution in [0.25, 0.3) is 17.2 Å². The van der Waals surface area contributed by atoms with Crippen molar-refractivity contribution < 1.29 is 9.59 Å². The number of aromatic amines is 1. The van der Waals surface area contributed by atoms with E-state index < -0.39 is 6.04 Å². The van der Waals surface area contributed by atoms with Gasteiger partial charge in [-0.3, -0.25) is 14.4 Å². The molecule has 0 unspecified atom stereocenters. The monoisotopic (exact) mass is 485 g/mol. The van der Waals surface area contributed by atoms with E-state index in [4.69, 9.17) is 5.73 Å². The molecule has 1 atom stereocenters. The van der Waals surface area contributed by atoms with Crippen LogP contribution in [0.5, 0.6) is 0 Å². The highest BCUT2D eigenvalue weighted by molar-refractivity contribution is 5.96. The second-order valence-corrected chi connectivity index (χ2v) is 9.43. The number of nitrogens with zero attached hydrogens (tertiary/aromatic N) is 3. The summed E-state index contributed by atoms with van der Waals surface area (Å²) in [6.45, 7) is 5.54. The minimum Gasteiger partial charge on any atom is -0.384 e. The first-order valence-electron chi connectivity index (χ1n) is 12.1. The largest absolute Gasteiger partial charge is 0.384 e. The number of benzene rings is 1. The number of nitrogens with two attached hydrogens (primary N) is 1. The fraction of sp³-hybridized carbons (Fsp3) is 0.286. The number of nitrogen functional groups attached to an aromatic ring is 1. The predicted octanol–water partition coefficient (Wildman–Crippen LogP) is 3.32. The van der Waals surface area contributed by atoms with Crippen molar-refractivity contribution in [2.75, 3.05) is 18.8 Å². The number of hydrogen-bond donors (Lipinski definition) is 2. The van der Waals surface area contributed by atoms with Crippen LogP contribution in [0, 0.1) is 5.92 Å². The van der Waals surface area contributed by atoms with Gasteiger partial charge < -0.3 is 20.5 Å². The van der Waals surface area contributed by atoms with E-state index in [9.17, 15) is 14.4 Å². The second kappa shape index (κ2) is 11.0. The normalized spacial score (nSPS) is 16.2. The Labute approximate surface area is 210 Å². The molecule has 2 amide bonds. The molecule has 8 heteroatoms. The van der Waals surface area contributed by atoms with E-state index in [2.05, 4.69) is 23.8 Å². The van der Waals surface area contributed by atoms with Gasteiger partial charge in [-0.05, 0) is 58.9 Å². The molecule has 1 aliphatic rings. The highest BCUT2D eigenvalue weighted by Crippen LogP contribution is 2.23. The SMILES string of the molecule is CC(C)C[C@H]1C(=O)N(Cc2ccc(-c3ccc(=O)[nH]c3)cc2)CCN1C(=O)C=Cc1ccc(N)nc1. The molecule has 0 radical (unpaired) electrons. The molecule has 36 heavy (non-hydrogen) atoms. The maximum atomic E-state index is 13.5. The number of amides is 2. The summed E-state index contributed by atoms with van der Waals surface area (Å²) in [6, 6.07) is 14.2. The lowest BCUT2D eigenvalue weighted by molar-refractivity contribution is -0.150. The fourth-order valence-corrected chi connectivity index (χ4v) is 4.33. The van der Waals surface area contributed by atoms with Gasteiger partial charge in [0.2, 0.25) is 17.4 Å². The predicted molar refractivity (Wildman–Crippen MR) is 141 cm³/mol. The van der Waals surface area contributed by atoms with Gasteiger partial charge in [0, 0.05) is 44.2 Å². The van der Waals surface area contributed by atoms with Crippen LogP contribution in [0.4, 0.5) is 5.82 Å². The van der Waals surface area contributed by atoms with Gasteiger partial charge in [0.25, 0.3) is 0 Å². The number of piperazine rings is 1. The number of anilines is 1. The maximum Gasteiger partial charge on any atom is 0.247 e. The number of H-pyrrole nitrogens is 1. The molecule has 186 valence electrons. The standard InChI is InChI=1S/C28H31N5O3/c1-19(2)15-24-28(36)32(13-14-33(24)27(35)12-6-20-5-10-25(29)30-16-20)18-21-3-7-22(8-4-21)23-9-11-26(34)31-17-23/h3-12,16-17,19,24H,13-15,18H2,1-2H3,(H2,29,30)(H,31,34)/t24-/m0/s1. The summed E-state index contributed by atoms with van der Waals surface area (Å²) < 4.78 is 0. The molecular formula is C28H31N5O3. The number of rotatable bonds is 7. The van der Waals surface area contributed by atoms with Crippen molar-refractivity contribution in [2.24, 2.45) is 5.92 Å². The number of carbonyl (C=O) groups excluding carboxylic acids is 2. The molecule has 1 aliphatic heterocycles. The molecule has 0 aliphatic carbocycles. The van der Waals surface area contributed by atoms with E-state index in [-0.39, 0.29) is 23.3 Å². The van der Waals surface area contributed by atoms with Gasteiger partial charge in [-0.15, -0.1) is 0 Å². The molecule has 1 aromatic carbocycles. The van der Waals surface area contributed by atoms with Crippen LogP contribution in [-0.4, -0.2) is 50.7 Å². The minimum atomic E-state index is -0.499. The smallest absolute Gasteiger partial charge is 0.247 e. The Balaban J connectivity index is 1.45. The van der Waals surface area contributed by atoms with E-state index in [1.54, 1.807) is 41.6 Å². The van der Waals surface area contributed by atoms with Gasteiger partial charge >= 0.3 is 0 Å². The second-order valence-electron chi connectivity index (χ2n) is 9.43. The number of hydrogen-bond acceptors (Lipinski definition) is 5. The lowest BCUT2D eigenvalue weighted by Gasteiger charge is -2.41. The molecule has 3 heterocycles. The summed E-state index contributed by atoms with van der Waals surface area (Å²) in [4.78, 5) is 48.0. The highest BCUT2D eigenvalue weighted by Gasteiger charge is 2.36. The molecule has 4 rings (SSSR count). The molecular weight excluding hydrogens is 454 g/mol. The van der Waals surface area contributed by atoms with E-state index in [0.717, 1.165) is 22.3 Å². The Bertz CT molecular complexity index is 1280. The van der Waals surface area contributed by atoms with Gasteiger partial charge in [-0.2, -0.15) is 0 Å². The Morgan fingerprint density at radius 3 is 2.47 bits per heavy atom. The van der Waals surface area contributed by atoms with E-state index in [1.807, 2.05) is 29.2 Å². The van der Waals surface area contributed by atoms with Crippen molar-refractivity contribution in [1.82, 2.24) is 19.8 Å². The summed E-state index contributed by atoms with van der Waals surface area (Å²) in [6.07, 6.45) is 7.09. The van der Waals surface area contributed by atoms with Gasteiger partial charge in [0.1, 0.15) is 11.9 Å². The van der Waals surface area contributed by atoms with Crippen LogP contribution in [0.15, 0.2) is 71.8 Å². The quantitative estimate of drug-likeness (QED) is 0.499. The highest BCUT2D eigenvalue weighted by atomic mass is 16.2. The topological polar surface area (TPSA) is 112 Å². The Morgan fingerprint density at radius 1 is 1.08 bits per heavy atom. The van der Waals surface area contributed by atoms with Crippen LogP contribution in [0.1, 0.15) is 31.4 Å². The molecule has 0 bridgehead atoms. The lowest BCUT2D eigenvalue weighted by atomic mass is 9.98. The van der Waals surface area contributed by atoms with Crippen molar-refractivity contribution >= 4 is 23.7 Å². The third-order valence-electron chi connectivity index (χ3n) is 6.23. The van der Waals surface area contributed by atoms with Crippen molar-refractivity contribution in [3.63, 3.8) is 0 Å². The van der Waals surface area contributed by atoms with Crippen molar-refractivity contribution in [3.05, 3.63) is 88.5 Å². The number of nitrogens with one attached hydrogen (secondary N) is 1. The first-order valence-corrected chi connectivity index (χ1v) is 12.1. The van der Waals surface area contributed by atoms with E-state index >= 15 is 0 Å². The number of aromatic nitrogens is 2. The summed E-state index contributed by atoms with van der Waals surface area (Å²) in [5.74, 6) is 0.464. The van der Waals surface area contributed by atoms with Crippen LogP contribution in [-0.2, 0) is 16.1 Å². The first-order chi connectivity index (χ1) is 17.3. The fourth-order valence-electron chi connectivity index (χ4n) is 4.33. The number of pyridine rings is 2. The number of carbonyl (C=O) groups is 2. The third-order valence-corrected chi connectivity index (χ3v) is 6.23. The van der Waals surface area contributed by atoms with Gasteiger partial charge in [0.15, 0.2) is 0 Å². The molecule has 0 spiro atoms. The van der Waals surface area contributed by atoms with E-state index in [1.165, 1.54) is 12.1 Å². The molecule has 1 fully saturated rings. The van der Waals surface area contributed by atoms with Crippen LogP contribution in [0.2, 0.25) is 0 Å². The first kappa shape index (κ1) is 24.9. The molecule has 3 aromatic rings. The average Bonchev–Trinajstić information content (AvgIpc) is 2.87. The molecule has 1 saturated heterocycles. The van der Waals surface area contributed by atoms with E-state index in [0.29, 0.717) is 31.9 Å². The zero-order valence-electron chi connectivity index (χ0n) is 20.6. The Hall–Kier alpha value is -4.20. The Morgan fingerprint density at radius 2 is 1.83 bits per heavy atom. The lowest BCUT2D eigenvalue weighted by Crippen LogP contribution is -2.58. The molecule has 2 aromatic heterocycles. The zero-order valence-corrected chi connectivity index (χ0v) is 20.6. The zero-order chi connectivity index (χ0) is 25.7. The van der Waals surface area contributed by atoms with Gasteiger partial charge in [-0.25, -0.2) is 4.98 Å². The van der Waals surface area contributed by atoms with Crippen LogP contribution < -0.4 is 11.3 Å². The third kappa shape index (κ3) is 6.07. The average molecular weight is 486 g/mol. The van der Waals surface area contributed by atoms with Crippen LogP contribution >= 0.6 is 0 Å². The summed E-state index contributed by atoms with van der Waals surface area (Å²) in [5, 5.41) is 0.